The average Bonchev–Trinajstić information content (AvgIpc) is 2.59. The Balaban J connectivity index is 2.85. The lowest BCUT2D eigenvalue weighted by molar-refractivity contribution is -0.144. The molecule has 0 unspecified atom stereocenters. The van der Waals surface area contributed by atoms with Crippen molar-refractivity contribution in [3.8, 4) is 11.5 Å². The molecule has 6 nitrogen and oxygen atoms in total. The molecular weight excluding hydrogens is 322 g/mol. The highest BCUT2D eigenvalue weighted by Crippen LogP contribution is 2.25. The molecule has 0 heterocycles. The van der Waals surface area contributed by atoms with Crippen LogP contribution in [0.25, 0.3) is 6.08 Å². The number of ether oxygens (including phenoxy) is 3. The molecule has 0 aliphatic rings. The van der Waals surface area contributed by atoms with Gasteiger partial charge in [-0.15, -0.1) is 0 Å². The molecule has 0 atom stereocenters. The Labute approximate surface area is 149 Å². The summed E-state index contributed by atoms with van der Waals surface area (Å²) < 4.78 is 15.4. The predicted octanol–water partition coefficient (Wildman–Crippen LogP) is 2.91. The van der Waals surface area contributed by atoms with Crippen LogP contribution in [0, 0.1) is 0 Å². The van der Waals surface area contributed by atoms with Gasteiger partial charge in [0.15, 0.2) is 0 Å². The molecule has 0 aliphatic carbocycles. The lowest BCUT2D eigenvalue weighted by Gasteiger charge is -2.25. The molecule has 6 heteroatoms. The first-order valence-corrected chi connectivity index (χ1v) is 8.29. The van der Waals surface area contributed by atoms with Crippen LogP contribution in [0.15, 0.2) is 24.3 Å². The van der Waals surface area contributed by atoms with E-state index in [0.717, 1.165) is 5.56 Å². The number of carbonyl (C=O) groups excluding carboxylic acids is 2. The van der Waals surface area contributed by atoms with Gasteiger partial charge in [-0.3, -0.25) is 9.59 Å². The summed E-state index contributed by atoms with van der Waals surface area (Å²) in [6.45, 7) is 6.22. The molecule has 1 amide bonds. The van der Waals surface area contributed by atoms with E-state index in [-0.39, 0.29) is 24.3 Å². The van der Waals surface area contributed by atoms with Crippen LogP contribution in [0.2, 0.25) is 0 Å². The van der Waals surface area contributed by atoms with E-state index in [1.807, 2.05) is 13.8 Å². The quantitative estimate of drug-likeness (QED) is 0.507. The summed E-state index contributed by atoms with van der Waals surface area (Å²) in [5.41, 5.74) is 0.740. The maximum Gasteiger partial charge on any atom is 0.307 e. The highest BCUT2D eigenvalue weighted by Gasteiger charge is 2.16. The molecular formula is C19H27NO5. The highest BCUT2D eigenvalue weighted by atomic mass is 16.5. The first kappa shape index (κ1) is 20.5. The molecule has 0 fully saturated rings. The fraction of sp³-hybridized carbons (Fsp3) is 0.474. The molecule has 1 aromatic carbocycles. The lowest BCUT2D eigenvalue weighted by atomic mass is 10.1. The van der Waals surface area contributed by atoms with E-state index in [0.29, 0.717) is 24.7 Å². The summed E-state index contributed by atoms with van der Waals surface area (Å²) in [5, 5.41) is 0. The second-order valence-electron chi connectivity index (χ2n) is 5.62. The third kappa shape index (κ3) is 6.49. The number of methoxy groups -OCH3 is 2. The zero-order chi connectivity index (χ0) is 18.8. The van der Waals surface area contributed by atoms with Crippen LogP contribution < -0.4 is 9.47 Å². The third-order valence-electron chi connectivity index (χ3n) is 3.61. The van der Waals surface area contributed by atoms with Crippen molar-refractivity contribution in [2.45, 2.75) is 33.2 Å². The minimum absolute atomic E-state index is 0.0289. The van der Waals surface area contributed by atoms with Crippen molar-refractivity contribution in [3.05, 3.63) is 29.8 Å². The number of amides is 1. The largest absolute Gasteiger partial charge is 0.497 e. The van der Waals surface area contributed by atoms with E-state index in [2.05, 4.69) is 0 Å². The van der Waals surface area contributed by atoms with Crippen LogP contribution in [0.3, 0.4) is 0 Å². The summed E-state index contributed by atoms with van der Waals surface area (Å²) in [4.78, 5) is 25.6. The molecule has 0 aliphatic heterocycles. The van der Waals surface area contributed by atoms with Gasteiger partial charge in [0.25, 0.3) is 0 Å². The van der Waals surface area contributed by atoms with Gasteiger partial charge in [-0.1, -0.05) is 0 Å². The third-order valence-corrected chi connectivity index (χ3v) is 3.61. The van der Waals surface area contributed by atoms with E-state index >= 15 is 0 Å². The van der Waals surface area contributed by atoms with Gasteiger partial charge in [0.05, 0.1) is 27.2 Å². The molecule has 0 N–H and O–H groups in total. The summed E-state index contributed by atoms with van der Waals surface area (Å²) >= 11 is 0. The summed E-state index contributed by atoms with van der Waals surface area (Å²) in [6, 6.07) is 5.33. The Bertz CT molecular complexity index is 610. The molecule has 138 valence electrons. The van der Waals surface area contributed by atoms with Crippen LogP contribution in [0.5, 0.6) is 11.5 Å². The van der Waals surface area contributed by atoms with Crippen molar-refractivity contribution in [3.63, 3.8) is 0 Å². The van der Waals surface area contributed by atoms with Crippen LogP contribution in [-0.4, -0.2) is 50.2 Å². The molecule has 1 rings (SSSR count). The first-order valence-electron chi connectivity index (χ1n) is 8.29. The first-order chi connectivity index (χ1) is 11.9. The Hall–Kier alpha value is -2.50. The summed E-state index contributed by atoms with van der Waals surface area (Å²) in [7, 11) is 3.15. The number of carbonyl (C=O) groups is 2. The Morgan fingerprint density at radius 1 is 1.20 bits per heavy atom. The monoisotopic (exact) mass is 349 g/mol. The van der Waals surface area contributed by atoms with Crippen LogP contribution in [0.1, 0.15) is 32.8 Å². The number of hydrogen-bond donors (Lipinski definition) is 0. The molecule has 25 heavy (non-hydrogen) atoms. The van der Waals surface area contributed by atoms with Crippen LogP contribution in [0.4, 0.5) is 0 Å². The number of rotatable bonds is 9. The number of nitrogens with zero attached hydrogens (tertiary/aromatic N) is 1. The normalized spacial score (nSPS) is 10.8. The second-order valence-corrected chi connectivity index (χ2v) is 5.62. The predicted molar refractivity (Wildman–Crippen MR) is 96.7 cm³/mol. The van der Waals surface area contributed by atoms with Crippen molar-refractivity contribution >= 4 is 18.0 Å². The van der Waals surface area contributed by atoms with Gasteiger partial charge >= 0.3 is 5.97 Å². The highest BCUT2D eigenvalue weighted by molar-refractivity contribution is 5.92. The number of esters is 1. The van der Waals surface area contributed by atoms with Gasteiger partial charge in [-0.2, -0.15) is 0 Å². The van der Waals surface area contributed by atoms with Gasteiger partial charge in [0.1, 0.15) is 11.5 Å². The molecule has 0 bridgehead atoms. The molecule has 0 spiro atoms. The van der Waals surface area contributed by atoms with Gasteiger partial charge in [0, 0.05) is 24.2 Å². The van der Waals surface area contributed by atoms with Crippen molar-refractivity contribution in [1.29, 1.82) is 0 Å². The maximum atomic E-state index is 12.5. The smallest absolute Gasteiger partial charge is 0.307 e. The van der Waals surface area contributed by atoms with E-state index < -0.39 is 0 Å². The maximum absolute atomic E-state index is 12.5. The Kier molecular flexibility index (Phi) is 8.53. The van der Waals surface area contributed by atoms with Gasteiger partial charge in [0.2, 0.25) is 5.91 Å². The number of hydrogen-bond acceptors (Lipinski definition) is 5. The van der Waals surface area contributed by atoms with E-state index in [1.54, 1.807) is 50.3 Å². The standard InChI is InChI=1S/C19H27NO5/c1-6-25-19(22)11-12-20(14(2)3)18(21)10-7-15-13-16(23-4)8-9-17(15)24-5/h7-10,13-14H,6,11-12H2,1-5H3/b10-7+. The van der Waals surface area contributed by atoms with Crippen molar-refractivity contribution < 1.29 is 23.8 Å². The fourth-order valence-corrected chi connectivity index (χ4v) is 2.29. The summed E-state index contributed by atoms with van der Waals surface area (Å²) in [6.07, 6.45) is 3.33. The van der Waals surface area contributed by atoms with Crippen molar-refractivity contribution in [2.75, 3.05) is 27.4 Å². The Morgan fingerprint density at radius 3 is 2.48 bits per heavy atom. The number of benzene rings is 1. The SMILES string of the molecule is CCOC(=O)CCN(C(=O)/C=C/c1cc(OC)ccc1OC)C(C)C. The molecule has 1 aromatic rings. The minimum atomic E-state index is -0.306. The Morgan fingerprint density at radius 2 is 1.92 bits per heavy atom. The van der Waals surface area contributed by atoms with E-state index in [9.17, 15) is 9.59 Å². The average molecular weight is 349 g/mol. The molecule has 0 aromatic heterocycles. The second kappa shape index (κ2) is 10.4. The zero-order valence-electron chi connectivity index (χ0n) is 15.6. The fourth-order valence-electron chi connectivity index (χ4n) is 2.29. The molecule has 0 radical (unpaired) electrons. The van der Waals surface area contributed by atoms with Crippen LogP contribution >= 0.6 is 0 Å². The van der Waals surface area contributed by atoms with Gasteiger partial charge < -0.3 is 19.1 Å². The van der Waals surface area contributed by atoms with Crippen molar-refractivity contribution in [2.24, 2.45) is 0 Å². The van der Waals surface area contributed by atoms with Gasteiger partial charge in [-0.25, -0.2) is 0 Å². The molecule has 0 saturated heterocycles. The van der Waals surface area contributed by atoms with E-state index in [1.165, 1.54) is 6.08 Å². The zero-order valence-corrected chi connectivity index (χ0v) is 15.6. The van der Waals surface area contributed by atoms with Crippen LogP contribution in [-0.2, 0) is 14.3 Å². The topological polar surface area (TPSA) is 65.1 Å². The summed E-state index contributed by atoms with van der Waals surface area (Å²) in [5.74, 6) is 0.840. The van der Waals surface area contributed by atoms with Gasteiger partial charge in [-0.05, 0) is 45.0 Å². The van der Waals surface area contributed by atoms with E-state index in [4.69, 9.17) is 14.2 Å². The van der Waals surface area contributed by atoms with Crippen molar-refractivity contribution in [1.82, 2.24) is 4.90 Å². The molecule has 0 saturated carbocycles. The minimum Gasteiger partial charge on any atom is -0.497 e. The lowest BCUT2D eigenvalue weighted by Crippen LogP contribution is -2.37.